The molecule has 0 spiro atoms. The van der Waals surface area contributed by atoms with Crippen LogP contribution in [0.2, 0.25) is 5.02 Å². The summed E-state index contributed by atoms with van der Waals surface area (Å²) in [5, 5.41) is 0.363. The first-order valence-electron chi connectivity index (χ1n) is 5.59. The number of methoxy groups -OCH3 is 1. The lowest BCUT2D eigenvalue weighted by molar-refractivity contribution is -0.141. The molecular formula is C11H16ClN3O3. The highest BCUT2D eigenvalue weighted by Gasteiger charge is 2.16. The Bertz CT molecular complexity index is 415. The van der Waals surface area contributed by atoms with Gasteiger partial charge >= 0.3 is 12.0 Å². The van der Waals surface area contributed by atoms with E-state index in [1.54, 1.807) is 11.8 Å². The van der Waals surface area contributed by atoms with E-state index in [0.29, 0.717) is 24.0 Å². The number of rotatable bonds is 6. The van der Waals surface area contributed by atoms with Crippen molar-refractivity contribution in [3.05, 3.63) is 11.2 Å². The zero-order valence-electron chi connectivity index (χ0n) is 10.6. The van der Waals surface area contributed by atoms with Gasteiger partial charge in [0.1, 0.15) is 11.6 Å². The standard InChI is InChI=1S/C11H16ClN3O3/c1-4-15(7-9(16)18-5-2)10-8(12)6-13-11(14-10)17-3/h6H,4-5,7H2,1-3H3. The van der Waals surface area contributed by atoms with Crippen molar-refractivity contribution in [3.63, 3.8) is 0 Å². The summed E-state index contributed by atoms with van der Waals surface area (Å²) in [5.41, 5.74) is 0. The zero-order valence-corrected chi connectivity index (χ0v) is 11.4. The Labute approximate surface area is 111 Å². The molecule has 6 nitrogen and oxygen atoms in total. The largest absolute Gasteiger partial charge is 0.467 e. The van der Waals surface area contributed by atoms with Gasteiger partial charge in [0.05, 0.1) is 19.9 Å². The van der Waals surface area contributed by atoms with E-state index in [0.717, 1.165) is 0 Å². The summed E-state index contributed by atoms with van der Waals surface area (Å²) in [7, 11) is 1.47. The van der Waals surface area contributed by atoms with Crippen molar-refractivity contribution in [2.24, 2.45) is 0 Å². The van der Waals surface area contributed by atoms with E-state index in [4.69, 9.17) is 21.1 Å². The van der Waals surface area contributed by atoms with Crippen molar-refractivity contribution in [3.8, 4) is 6.01 Å². The molecule has 0 amide bonds. The first-order valence-corrected chi connectivity index (χ1v) is 5.97. The van der Waals surface area contributed by atoms with Crippen molar-refractivity contribution < 1.29 is 14.3 Å². The van der Waals surface area contributed by atoms with E-state index < -0.39 is 0 Å². The van der Waals surface area contributed by atoms with Crippen LogP contribution in [0.1, 0.15) is 13.8 Å². The highest BCUT2D eigenvalue weighted by Crippen LogP contribution is 2.24. The number of ether oxygens (including phenoxy) is 2. The summed E-state index contributed by atoms with van der Waals surface area (Å²) in [6.45, 7) is 4.65. The predicted molar refractivity (Wildman–Crippen MR) is 68.1 cm³/mol. The van der Waals surface area contributed by atoms with E-state index in [1.165, 1.54) is 13.3 Å². The Kier molecular flexibility index (Phi) is 5.64. The lowest BCUT2D eigenvalue weighted by Crippen LogP contribution is -2.31. The molecule has 0 aliphatic carbocycles. The van der Waals surface area contributed by atoms with E-state index in [2.05, 4.69) is 9.97 Å². The molecule has 0 saturated carbocycles. The molecule has 0 atom stereocenters. The van der Waals surface area contributed by atoms with E-state index >= 15 is 0 Å². The fraction of sp³-hybridized carbons (Fsp3) is 0.545. The van der Waals surface area contributed by atoms with Gasteiger partial charge in [-0.2, -0.15) is 4.98 Å². The Balaban J connectivity index is 2.90. The molecule has 1 aromatic heterocycles. The molecule has 0 unspecified atom stereocenters. The number of esters is 1. The number of halogens is 1. The quantitative estimate of drug-likeness (QED) is 0.733. The second-order valence-corrected chi connectivity index (χ2v) is 3.75. The van der Waals surface area contributed by atoms with Gasteiger partial charge in [0.15, 0.2) is 5.82 Å². The fourth-order valence-electron chi connectivity index (χ4n) is 1.36. The Morgan fingerprint density at radius 2 is 2.22 bits per heavy atom. The van der Waals surface area contributed by atoms with Gasteiger partial charge in [-0.3, -0.25) is 4.79 Å². The highest BCUT2D eigenvalue weighted by molar-refractivity contribution is 6.32. The fourth-order valence-corrected chi connectivity index (χ4v) is 1.57. The van der Waals surface area contributed by atoms with Crippen LogP contribution in [0.4, 0.5) is 5.82 Å². The number of carbonyl (C=O) groups is 1. The summed E-state index contributed by atoms with van der Waals surface area (Å²) < 4.78 is 9.83. The highest BCUT2D eigenvalue weighted by atomic mass is 35.5. The summed E-state index contributed by atoms with van der Waals surface area (Å²) in [4.78, 5) is 21.2. The van der Waals surface area contributed by atoms with Gasteiger partial charge in [-0.25, -0.2) is 4.98 Å². The molecule has 0 fully saturated rings. The number of carbonyl (C=O) groups excluding carboxylic acids is 1. The van der Waals surface area contributed by atoms with Crippen LogP contribution in [0.5, 0.6) is 6.01 Å². The van der Waals surface area contributed by atoms with Crippen LogP contribution in [0.3, 0.4) is 0 Å². The van der Waals surface area contributed by atoms with E-state index in [-0.39, 0.29) is 18.5 Å². The monoisotopic (exact) mass is 273 g/mol. The molecule has 1 rings (SSSR count). The van der Waals surface area contributed by atoms with Crippen LogP contribution >= 0.6 is 11.6 Å². The molecule has 100 valence electrons. The zero-order chi connectivity index (χ0) is 13.5. The Hall–Kier alpha value is -1.56. The lowest BCUT2D eigenvalue weighted by Gasteiger charge is -2.21. The van der Waals surface area contributed by atoms with Crippen LogP contribution in [-0.2, 0) is 9.53 Å². The number of aromatic nitrogens is 2. The molecule has 0 bridgehead atoms. The van der Waals surface area contributed by atoms with Gasteiger partial charge in [0.2, 0.25) is 0 Å². The SMILES string of the molecule is CCOC(=O)CN(CC)c1nc(OC)ncc1Cl. The minimum absolute atomic E-state index is 0.0875. The maximum absolute atomic E-state index is 11.5. The average molecular weight is 274 g/mol. The predicted octanol–water partition coefficient (Wildman–Crippen LogP) is 1.53. The molecule has 0 aliphatic heterocycles. The van der Waals surface area contributed by atoms with Crippen LogP contribution < -0.4 is 9.64 Å². The van der Waals surface area contributed by atoms with Crippen LogP contribution in [0.25, 0.3) is 0 Å². The third-order valence-electron chi connectivity index (χ3n) is 2.19. The van der Waals surface area contributed by atoms with Crippen molar-refractivity contribution in [1.82, 2.24) is 9.97 Å². The molecule has 1 aromatic rings. The molecule has 0 saturated heterocycles. The number of hydrogen-bond acceptors (Lipinski definition) is 6. The normalized spacial score (nSPS) is 10.0. The van der Waals surface area contributed by atoms with Gasteiger partial charge < -0.3 is 14.4 Å². The summed E-state index contributed by atoms with van der Waals surface area (Å²) in [6.07, 6.45) is 1.44. The third kappa shape index (κ3) is 3.73. The number of anilines is 1. The number of hydrogen-bond donors (Lipinski definition) is 0. The summed E-state index contributed by atoms with van der Waals surface area (Å²) in [5.74, 6) is 0.132. The number of likely N-dealkylation sites (N-methyl/N-ethyl adjacent to an activating group) is 1. The molecule has 0 aliphatic rings. The van der Waals surface area contributed by atoms with E-state index in [9.17, 15) is 4.79 Å². The second kappa shape index (κ2) is 7.00. The van der Waals surface area contributed by atoms with Crippen LogP contribution in [0.15, 0.2) is 6.20 Å². The van der Waals surface area contributed by atoms with Gasteiger partial charge in [0.25, 0.3) is 0 Å². The van der Waals surface area contributed by atoms with Gasteiger partial charge in [0, 0.05) is 6.54 Å². The first-order chi connectivity index (χ1) is 8.62. The first kappa shape index (κ1) is 14.5. The van der Waals surface area contributed by atoms with Crippen LogP contribution in [-0.4, -0.2) is 42.7 Å². The molecule has 1 heterocycles. The minimum atomic E-state index is -0.326. The average Bonchev–Trinajstić information content (AvgIpc) is 2.37. The Morgan fingerprint density at radius 3 is 2.78 bits per heavy atom. The van der Waals surface area contributed by atoms with Crippen molar-refractivity contribution >= 4 is 23.4 Å². The van der Waals surface area contributed by atoms with Gasteiger partial charge in [-0.05, 0) is 13.8 Å². The lowest BCUT2D eigenvalue weighted by atomic mass is 10.4. The second-order valence-electron chi connectivity index (χ2n) is 3.35. The summed E-state index contributed by atoms with van der Waals surface area (Å²) >= 11 is 6.01. The Morgan fingerprint density at radius 1 is 1.50 bits per heavy atom. The molecule has 0 aromatic carbocycles. The molecule has 0 radical (unpaired) electrons. The maximum Gasteiger partial charge on any atom is 0.325 e. The van der Waals surface area contributed by atoms with Crippen molar-refractivity contribution in [2.75, 3.05) is 31.7 Å². The third-order valence-corrected chi connectivity index (χ3v) is 2.46. The van der Waals surface area contributed by atoms with Crippen molar-refractivity contribution in [2.45, 2.75) is 13.8 Å². The number of nitrogens with zero attached hydrogens (tertiary/aromatic N) is 3. The van der Waals surface area contributed by atoms with Crippen LogP contribution in [0, 0.1) is 0 Å². The van der Waals surface area contributed by atoms with Crippen molar-refractivity contribution in [1.29, 1.82) is 0 Å². The molecule has 0 N–H and O–H groups in total. The van der Waals surface area contributed by atoms with Gasteiger partial charge in [-0.1, -0.05) is 11.6 Å². The molecular weight excluding hydrogens is 258 g/mol. The minimum Gasteiger partial charge on any atom is -0.467 e. The van der Waals surface area contributed by atoms with Gasteiger partial charge in [-0.15, -0.1) is 0 Å². The summed E-state index contributed by atoms with van der Waals surface area (Å²) in [6, 6.07) is 0.205. The maximum atomic E-state index is 11.5. The van der Waals surface area contributed by atoms with E-state index in [1.807, 2.05) is 6.92 Å². The molecule has 7 heteroatoms. The topological polar surface area (TPSA) is 64.5 Å². The molecule has 18 heavy (non-hydrogen) atoms. The smallest absolute Gasteiger partial charge is 0.325 e.